The zero-order valence-electron chi connectivity index (χ0n) is 13.7. The standard InChI is InChI=1S/C15H13F3N4O3S2/c1-25-12-9-10(15(16,17)18)4-5-11(12)22-13(3-2-6-20-22)27(23,24)21-14-19-7-8-26-14/h2-9,20H,1H3,(H,19,21). The SMILES string of the molecule is COc1cc(C(F)(F)F)ccc1N1NC=CC=C1S(=O)(=O)Nc1nccs1. The van der Waals surface area contributed by atoms with Crippen molar-refractivity contribution in [1.29, 1.82) is 0 Å². The lowest BCUT2D eigenvalue weighted by Gasteiger charge is -2.29. The van der Waals surface area contributed by atoms with Crippen molar-refractivity contribution in [2.75, 3.05) is 16.8 Å². The summed E-state index contributed by atoms with van der Waals surface area (Å²) in [5, 5.41) is 2.62. The van der Waals surface area contributed by atoms with Crippen LogP contribution in [0, 0.1) is 0 Å². The van der Waals surface area contributed by atoms with Crippen LogP contribution in [-0.4, -0.2) is 20.5 Å². The molecule has 2 aromatic rings. The Kier molecular flexibility index (Phi) is 5.02. The summed E-state index contributed by atoms with van der Waals surface area (Å²) in [5.41, 5.74) is 1.87. The summed E-state index contributed by atoms with van der Waals surface area (Å²) >= 11 is 1.09. The number of anilines is 2. The molecule has 27 heavy (non-hydrogen) atoms. The molecular formula is C15H13F3N4O3S2. The molecule has 1 aromatic heterocycles. The summed E-state index contributed by atoms with van der Waals surface area (Å²) in [6.45, 7) is 0. The predicted molar refractivity (Wildman–Crippen MR) is 95.5 cm³/mol. The first kappa shape index (κ1) is 19.0. The Hall–Kier alpha value is -2.73. The van der Waals surface area contributed by atoms with Gasteiger partial charge in [0.25, 0.3) is 10.0 Å². The van der Waals surface area contributed by atoms with Gasteiger partial charge in [-0.3, -0.25) is 4.72 Å². The topological polar surface area (TPSA) is 83.6 Å². The molecule has 0 atom stereocenters. The van der Waals surface area contributed by atoms with E-state index in [1.807, 2.05) is 0 Å². The van der Waals surface area contributed by atoms with Crippen LogP contribution in [0.1, 0.15) is 5.56 Å². The Morgan fingerprint density at radius 2 is 2.11 bits per heavy atom. The molecule has 144 valence electrons. The lowest BCUT2D eigenvalue weighted by atomic mass is 10.1. The minimum atomic E-state index is -4.56. The molecule has 1 aliphatic rings. The Morgan fingerprint density at radius 3 is 2.74 bits per heavy atom. The zero-order chi connectivity index (χ0) is 19.7. The molecule has 0 radical (unpaired) electrons. The van der Waals surface area contributed by atoms with Crippen molar-refractivity contribution in [1.82, 2.24) is 10.4 Å². The molecule has 0 spiro atoms. The fourth-order valence-corrected chi connectivity index (χ4v) is 4.19. The first-order chi connectivity index (χ1) is 12.7. The van der Waals surface area contributed by atoms with Crippen LogP contribution in [0.3, 0.4) is 0 Å². The van der Waals surface area contributed by atoms with E-state index in [-0.39, 0.29) is 21.6 Å². The third-order valence-corrected chi connectivity index (χ3v) is 5.59. The lowest BCUT2D eigenvalue weighted by molar-refractivity contribution is -0.137. The monoisotopic (exact) mass is 418 g/mol. The summed E-state index contributed by atoms with van der Waals surface area (Å²) < 4.78 is 71.6. The smallest absolute Gasteiger partial charge is 0.416 e. The van der Waals surface area contributed by atoms with Gasteiger partial charge in [-0.05, 0) is 30.4 Å². The average Bonchev–Trinajstić information content (AvgIpc) is 3.12. The van der Waals surface area contributed by atoms with E-state index in [2.05, 4.69) is 15.1 Å². The van der Waals surface area contributed by atoms with E-state index in [9.17, 15) is 21.6 Å². The third kappa shape index (κ3) is 4.01. The molecule has 0 unspecified atom stereocenters. The van der Waals surface area contributed by atoms with Gasteiger partial charge in [0.1, 0.15) is 11.4 Å². The van der Waals surface area contributed by atoms with Gasteiger partial charge in [0.05, 0.1) is 12.7 Å². The maximum atomic E-state index is 12.9. The highest BCUT2D eigenvalue weighted by Crippen LogP contribution is 2.38. The molecule has 12 heteroatoms. The van der Waals surface area contributed by atoms with Gasteiger partial charge in [0, 0.05) is 17.8 Å². The van der Waals surface area contributed by atoms with Gasteiger partial charge in [0.15, 0.2) is 10.2 Å². The van der Waals surface area contributed by atoms with Crippen molar-refractivity contribution in [3.63, 3.8) is 0 Å². The molecule has 1 aliphatic heterocycles. The summed E-state index contributed by atoms with van der Waals surface area (Å²) in [7, 11) is -2.87. The maximum absolute atomic E-state index is 12.9. The van der Waals surface area contributed by atoms with Crippen LogP contribution in [0.5, 0.6) is 5.75 Å². The molecule has 7 nitrogen and oxygen atoms in total. The number of hydrogen-bond donors (Lipinski definition) is 2. The summed E-state index contributed by atoms with van der Waals surface area (Å²) in [6.07, 6.45) is 1.05. The van der Waals surface area contributed by atoms with Gasteiger partial charge in [-0.25, -0.2) is 9.99 Å². The molecular weight excluding hydrogens is 405 g/mol. The van der Waals surface area contributed by atoms with Crippen LogP contribution in [0.15, 0.2) is 53.2 Å². The van der Waals surface area contributed by atoms with E-state index in [0.29, 0.717) is 0 Å². The van der Waals surface area contributed by atoms with Crippen molar-refractivity contribution in [2.24, 2.45) is 0 Å². The predicted octanol–water partition coefficient (Wildman–Crippen LogP) is 3.29. The first-order valence-electron chi connectivity index (χ1n) is 7.33. The number of sulfonamides is 1. The lowest BCUT2D eigenvalue weighted by Crippen LogP contribution is -2.40. The van der Waals surface area contributed by atoms with Crippen LogP contribution in [0.25, 0.3) is 0 Å². The van der Waals surface area contributed by atoms with Gasteiger partial charge in [0.2, 0.25) is 0 Å². The van der Waals surface area contributed by atoms with Crippen molar-refractivity contribution in [3.8, 4) is 5.75 Å². The van der Waals surface area contributed by atoms with Crippen LogP contribution < -0.4 is 19.9 Å². The van der Waals surface area contributed by atoms with Gasteiger partial charge in [-0.1, -0.05) is 0 Å². The highest BCUT2D eigenvalue weighted by atomic mass is 32.2. The van der Waals surface area contributed by atoms with Gasteiger partial charge in [-0.15, -0.1) is 11.3 Å². The minimum absolute atomic E-state index is 0.0885. The van der Waals surface area contributed by atoms with Crippen molar-refractivity contribution in [2.45, 2.75) is 6.18 Å². The minimum Gasteiger partial charge on any atom is -0.494 e. The molecule has 2 N–H and O–H groups in total. The Labute approximate surface area is 156 Å². The highest BCUT2D eigenvalue weighted by molar-refractivity contribution is 7.96. The maximum Gasteiger partial charge on any atom is 0.416 e. The molecule has 0 saturated carbocycles. The molecule has 0 saturated heterocycles. The Bertz CT molecular complexity index is 986. The summed E-state index contributed by atoms with van der Waals surface area (Å²) in [4.78, 5) is 3.86. The fourth-order valence-electron chi connectivity index (χ4n) is 2.26. The second kappa shape index (κ2) is 7.12. The molecule has 1 aromatic carbocycles. The van der Waals surface area contributed by atoms with E-state index in [0.717, 1.165) is 34.5 Å². The van der Waals surface area contributed by atoms with Gasteiger partial charge >= 0.3 is 6.18 Å². The molecule has 3 rings (SSSR count). The van der Waals surface area contributed by atoms with Gasteiger partial charge < -0.3 is 10.2 Å². The Balaban J connectivity index is 2.00. The van der Waals surface area contributed by atoms with Crippen molar-refractivity contribution < 1.29 is 26.3 Å². The number of hydrazine groups is 1. The number of rotatable bonds is 5. The van der Waals surface area contributed by atoms with Crippen molar-refractivity contribution in [3.05, 3.63) is 58.7 Å². The third-order valence-electron chi connectivity index (χ3n) is 3.44. The number of allylic oxidation sites excluding steroid dienone is 2. The number of hydrogen-bond acceptors (Lipinski definition) is 7. The number of methoxy groups -OCH3 is 1. The molecule has 0 amide bonds. The van der Waals surface area contributed by atoms with Gasteiger partial charge in [-0.2, -0.15) is 21.6 Å². The van der Waals surface area contributed by atoms with Crippen LogP contribution in [0.4, 0.5) is 24.0 Å². The van der Waals surface area contributed by atoms with Crippen LogP contribution in [-0.2, 0) is 16.2 Å². The summed E-state index contributed by atoms with van der Waals surface area (Å²) in [5.74, 6) is -0.150. The largest absolute Gasteiger partial charge is 0.494 e. The van der Waals surface area contributed by atoms with E-state index in [1.165, 1.54) is 31.7 Å². The molecule has 2 heterocycles. The number of nitrogens with zero attached hydrogens (tertiary/aromatic N) is 2. The number of aromatic nitrogens is 1. The Morgan fingerprint density at radius 1 is 1.33 bits per heavy atom. The number of halogens is 3. The second-order valence-electron chi connectivity index (χ2n) is 5.16. The highest BCUT2D eigenvalue weighted by Gasteiger charge is 2.33. The van der Waals surface area contributed by atoms with E-state index in [4.69, 9.17) is 4.74 Å². The average molecular weight is 418 g/mol. The number of thiazole rings is 1. The zero-order valence-corrected chi connectivity index (χ0v) is 15.3. The molecule has 0 fully saturated rings. The fraction of sp³-hybridized carbons (Fsp3) is 0.133. The normalized spacial score (nSPS) is 14.5. The van der Waals surface area contributed by atoms with Crippen LogP contribution in [0.2, 0.25) is 0 Å². The quantitative estimate of drug-likeness (QED) is 0.775. The number of benzene rings is 1. The van der Waals surface area contributed by atoms with E-state index >= 15 is 0 Å². The summed E-state index contributed by atoms with van der Waals surface area (Å²) in [6, 6.07) is 2.77. The van der Waals surface area contributed by atoms with E-state index in [1.54, 1.807) is 5.38 Å². The first-order valence-corrected chi connectivity index (χ1v) is 9.69. The van der Waals surface area contributed by atoms with E-state index < -0.39 is 21.8 Å². The molecule has 0 bridgehead atoms. The number of alkyl halides is 3. The number of nitrogens with one attached hydrogen (secondary N) is 2. The number of ether oxygens (including phenoxy) is 1. The second-order valence-corrected chi connectivity index (χ2v) is 7.68. The van der Waals surface area contributed by atoms with Crippen molar-refractivity contribution >= 4 is 32.2 Å². The van der Waals surface area contributed by atoms with Crippen LogP contribution >= 0.6 is 11.3 Å². The molecule has 0 aliphatic carbocycles.